The molecule has 258 valence electrons. The molecule has 3 aliphatic heterocycles. The van der Waals surface area contributed by atoms with Crippen LogP contribution in [0.4, 0.5) is 0 Å². The summed E-state index contributed by atoms with van der Waals surface area (Å²) in [5, 5.41) is 33.3. The summed E-state index contributed by atoms with van der Waals surface area (Å²) in [6, 6.07) is 6.09. The smallest absolute Gasteiger partial charge is 0.375 e. The molecular formula is C38H41NO10. The van der Waals surface area contributed by atoms with Crippen molar-refractivity contribution >= 4 is 34.5 Å². The number of benzene rings is 2. The number of aromatic nitrogens is 1. The number of rotatable bonds is 6. The summed E-state index contributed by atoms with van der Waals surface area (Å²) in [7, 11) is 0. The zero-order valence-corrected chi connectivity index (χ0v) is 27.9. The molecule has 3 atom stereocenters. The first-order valence-electron chi connectivity index (χ1n) is 16.9. The summed E-state index contributed by atoms with van der Waals surface area (Å²) in [6.07, 6.45) is 3.92. The molecule has 1 saturated carbocycles. The van der Waals surface area contributed by atoms with Gasteiger partial charge in [0.05, 0.1) is 42.1 Å². The summed E-state index contributed by atoms with van der Waals surface area (Å²) in [4.78, 5) is 43.6. The van der Waals surface area contributed by atoms with Crippen molar-refractivity contribution in [3.63, 3.8) is 0 Å². The van der Waals surface area contributed by atoms with Crippen molar-refractivity contribution in [1.82, 2.24) is 4.98 Å². The summed E-state index contributed by atoms with van der Waals surface area (Å²) >= 11 is 0. The second kappa shape index (κ2) is 12.8. The Labute approximate surface area is 283 Å². The molecule has 4 N–H and O–H groups in total. The lowest BCUT2D eigenvalue weighted by molar-refractivity contribution is -0.141. The number of carbonyl (C=O) groups excluding carboxylic acids is 3. The van der Waals surface area contributed by atoms with Crippen LogP contribution in [0.15, 0.2) is 41.3 Å². The predicted molar refractivity (Wildman–Crippen MR) is 178 cm³/mol. The van der Waals surface area contributed by atoms with Crippen LogP contribution in [0.25, 0.3) is 16.5 Å². The maximum absolute atomic E-state index is 13.8. The largest absolute Gasteiger partial charge is 0.492 e. The van der Waals surface area contributed by atoms with Crippen LogP contribution in [-0.4, -0.2) is 69.9 Å². The zero-order chi connectivity index (χ0) is 34.6. The molecule has 4 aliphatic rings. The van der Waals surface area contributed by atoms with E-state index in [2.05, 4.69) is 17.1 Å². The van der Waals surface area contributed by atoms with Gasteiger partial charge in [-0.3, -0.25) is 9.59 Å². The van der Waals surface area contributed by atoms with E-state index in [-0.39, 0.29) is 79.2 Å². The SMILES string of the molecule is CCOC(=O)C1=C(C=O)C2=C3CCC(=O)[C@@H](C3)c3cc4cc[nH]c4cc3CC[C@H](CO)COc3c4c(c(CO)c(c32)O1)O[C@H](C(C)(C)O)C4. The second-order valence-electron chi connectivity index (χ2n) is 13.8. The molecule has 0 saturated heterocycles. The van der Waals surface area contributed by atoms with E-state index in [0.717, 1.165) is 27.6 Å². The Hall–Kier alpha value is -4.45. The molecule has 4 heterocycles. The summed E-state index contributed by atoms with van der Waals surface area (Å²) in [5.74, 6) is -1.25. The topological polar surface area (TPSA) is 165 Å². The molecule has 11 nitrogen and oxygen atoms in total. The second-order valence-corrected chi connectivity index (χ2v) is 13.8. The van der Waals surface area contributed by atoms with E-state index in [9.17, 15) is 29.7 Å². The van der Waals surface area contributed by atoms with Crippen LogP contribution in [0.2, 0.25) is 0 Å². The van der Waals surface area contributed by atoms with Crippen molar-refractivity contribution in [2.75, 3.05) is 19.8 Å². The van der Waals surface area contributed by atoms with Crippen molar-refractivity contribution in [2.24, 2.45) is 5.92 Å². The Morgan fingerprint density at radius 2 is 1.94 bits per heavy atom. The normalized spacial score (nSPS) is 22.1. The van der Waals surface area contributed by atoms with E-state index in [0.29, 0.717) is 48.0 Å². The fraction of sp³-hybridized carbons (Fsp3) is 0.447. The number of carbonyl (C=O) groups is 3. The van der Waals surface area contributed by atoms with E-state index in [4.69, 9.17) is 18.9 Å². The first-order valence-corrected chi connectivity index (χ1v) is 16.9. The number of H-pyrrole nitrogens is 1. The molecule has 1 fully saturated rings. The number of fused-ring (bicyclic) bond motifs is 7. The Morgan fingerprint density at radius 1 is 1.12 bits per heavy atom. The van der Waals surface area contributed by atoms with Crippen molar-refractivity contribution < 1.29 is 48.7 Å². The molecule has 11 heteroatoms. The lowest BCUT2D eigenvalue weighted by atomic mass is 9.74. The van der Waals surface area contributed by atoms with Gasteiger partial charge in [0, 0.05) is 54.1 Å². The highest BCUT2D eigenvalue weighted by Gasteiger charge is 2.45. The number of aromatic amines is 1. The number of nitrogens with one attached hydrogen (secondary N) is 1. The number of ether oxygens (including phenoxy) is 4. The summed E-state index contributed by atoms with van der Waals surface area (Å²) < 4.78 is 24.5. The van der Waals surface area contributed by atoms with Crippen LogP contribution in [0.1, 0.15) is 80.2 Å². The molecule has 2 bridgehead atoms. The quantitative estimate of drug-likeness (QED) is 0.219. The molecular weight excluding hydrogens is 630 g/mol. The molecule has 49 heavy (non-hydrogen) atoms. The van der Waals surface area contributed by atoms with Crippen LogP contribution in [-0.2, 0) is 38.6 Å². The van der Waals surface area contributed by atoms with Gasteiger partial charge in [-0.2, -0.15) is 0 Å². The molecule has 3 aromatic rings. The summed E-state index contributed by atoms with van der Waals surface area (Å²) in [6.45, 7) is 4.33. The maximum Gasteiger partial charge on any atom is 0.375 e. The third-order valence-corrected chi connectivity index (χ3v) is 10.3. The maximum atomic E-state index is 13.8. The lowest BCUT2D eigenvalue weighted by Gasteiger charge is -2.32. The molecule has 7 rings (SSSR count). The van der Waals surface area contributed by atoms with Crippen LogP contribution < -0.4 is 14.2 Å². The zero-order valence-electron chi connectivity index (χ0n) is 27.9. The molecule has 0 amide bonds. The van der Waals surface area contributed by atoms with Crippen molar-refractivity contribution in [3.05, 3.63) is 69.1 Å². The van der Waals surface area contributed by atoms with E-state index in [1.54, 1.807) is 20.8 Å². The number of Topliss-reactive ketones (excluding diaryl/α,β-unsaturated/α-hetero) is 1. The molecule has 2 aromatic carbocycles. The van der Waals surface area contributed by atoms with Gasteiger partial charge >= 0.3 is 5.97 Å². The molecule has 0 unspecified atom stereocenters. The van der Waals surface area contributed by atoms with E-state index >= 15 is 0 Å². The number of aliphatic hydroxyl groups is 3. The van der Waals surface area contributed by atoms with Crippen LogP contribution in [0, 0.1) is 5.92 Å². The monoisotopic (exact) mass is 671 g/mol. The van der Waals surface area contributed by atoms with Crippen molar-refractivity contribution in [2.45, 2.75) is 83.5 Å². The number of esters is 1. The fourth-order valence-corrected chi connectivity index (χ4v) is 7.67. The molecule has 0 radical (unpaired) electrons. The number of aldehydes is 1. The Bertz CT molecular complexity index is 1930. The third kappa shape index (κ3) is 5.63. The molecule has 1 aromatic heterocycles. The van der Waals surface area contributed by atoms with Crippen LogP contribution in [0.5, 0.6) is 17.2 Å². The van der Waals surface area contributed by atoms with Crippen molar-refractivity contribution in [1.29, 1.82) is 0 Å². The highest BCUT2D eigenvalue weighted by Crippen LogP contribution is 2.56. The first-order chi connectivity index (χ1) is 23.6. The van der Waals surface area contributed by atoms with E-state index in [1.807, 2.05) is 12.3 Å². The highest BCUT2D eigenvalue weighted by atomic mass is 16.6. The lowest BCUT2D eigenvalue weighted by Crippen LogP contribution is -2.39. The van der Waals surface area contributed by atoms with Gasteiger partial charge in [-0.1, -0.05) is 5.57 Å². The number of allylic oxidation sites excluding steroid dienone is 3. The standard InChI is InChI=1S/C38H41NO10/c1-4-46-37(44)36-26(16-41)31-22-7-8-29(43)24(12-22)23-11-21-9-10-39-28(21)13-20(23)6-5-19(15-40)18-47-34-25-14-30(38(2,3)45)48-33(25)27(17-42)35(49-36)32(31)34/h9-11,13,16,19,24,30,39-40,42,45H,4-8,12,14-15,17-18H2,1-3H3/t19-,24+,30+/m1/s1. The average Bonchev–Trinajstić information content (AvgIpc) is 3.74. The van der Waals surface area contributed by atoms with Gasteiger partial charge in [0.1, 0.15) is 29.1 Å². The summed E-state index contributed by atoms with van der Waals surface area (Å²) in [5.41, 5.74) is 3.89. The van der Waals surface area contributed by atoms with Crippen molar-refractivity contribution in [3.8, 4) is 17.2 Å². The minimum absolute atomic E-state index is 0.0297. The van der Waals surface area contributed by atoms with E-state index in [1.165, 1.54) is 0 Å². The van der Waals surface area contributed by atoms with Gasteiger partial charge in [-0.05, 0) is 81.2 Å². The Balaban J connectivity index is 1.54. The van der Waals surface area contributed by atoms with Gasteiger partial charge in [0.25, 0.3) is 0 Å². The highest BCUT2D eigenvalue weighted by molar-refractivity contribution is 6.11. The number of aryl methyl sites for hydroxylation is 1. The van der Waals surface area contributed by atoms with E-state index < -0.39 is 30.2 Å². The number of aliphatic hydroxyl groups excluding tert-OH is 2. The van der Waals surface area contributed by atoms with Crippen LogP contribution >= 0.6 is 0 Å². The minimum atomic E-state index is -1.27. The minimum Gasteiger partial charge on any atom is -0.492 e. The first kappa shape index (κ1) is 33.1. The molecule has 1 aliphatic carbocycles. The van der Waals surface area contributed by atoms with Crippen LogP contribution in [0.3, 0.4) is 0 Å². The Kier molecular flexibility index (Phi) is 8.62. The van der Waals surface area contributed by atoms with Gasteiger partial charge in [0.15, 0.2) is 6.29 Å². The number of hydrogen-bond acceptors (Lipinski definition) is 10. The van der Waals surface area contributed by atoms with Gasteiger partial charge < -0.3 is 39.3 Å². The average molecular weight is 672 g/mol. The fourth-order valence-electron chi connectivity index (χ4n) is 7.67. The number of ketones is 1. The molecule has 0 spiro atoms. The third-order valence-electron chi connectivity index (χ3n) is 10.3. The predicted octanol–water partition coefficient (Wildman–Crippen LogP) is 4.37. The van der Waals surface area contributed by atoms with Gasteiger partial charge in [-0.15, -0.1) is 0 Å². The van der Waals surface area contributed by atoms with Gasteiger partial charge in [-0.25, -0.2) is 4.79 Å². The Morgan fingerprint density at radius 3 is 2.65 bits per heavy atom. The number of hydrogen-bond donors (Lipinski definition) is 4. The van der Waals surface area contributed by atoms with Gasteiger partial charge in [0.2, 0.25) is 5.76 Å².